The molecule has 1 amide bonds. The Morgan fingerprint density at radius 1 is 0.911 bits per heavy atom. The summed E-state index contributed by atoms with van der Waals surface area (Å²) in [4.78, 5) is 57.6. The predicted octanol–water partition coefficient (Wildman–Crippen LogP) is 4.47. The number of ether oxygens (including phenoxy) is 5. The van der Waals surface area contributed by atoms with Crippen LogP contribution in [0.3, 0.4) is 0 Å². The van der Waals surface area contributed by atoms with Gasteiger partial charge in [0, 0.05) is 52.0 Å². The third-order valence-electron chi connectivity index (χ3n) is 12.9. The fourth-order valence-electron chi connectivity index (χ4n) is 9.39. The zero-order valence-electron chi connectivity index (χ0n) is 35.1. The monoisotopic (exact) mass is 791 g/mol. The van der Waals surface area contributed by atoms with E-state index in [-0.39, 0.29) is 49.5 Å². The number of allylic oxidation sites excluding steroid dienone is 3. The molecule has 0 spiro atoms. The summed E-state index contributed by atoms with van der Waals surface area (Å²) in [5, 5.41) is 34.1. The van der Waals surface area contributed by atoms with Crippen LogP contribution >= 0.6 is 0 Å². The van der Waals surface area contributed by atoms with Gasteiger partial charge in [-0.05, 0) is 95.5 Å². The van der Waals surface area contributed by atoms with Crippen molar-refractivity contribution in [3.8, 4) is 0 Å². The molecule has 3 fully saturated rings. The molecular weight excluding hydrogens is 722 g/mol. The Morgan fingerprint density at radius 3 is 2.21 bits per heavy atom. The molecule has 0 unspecified atom stereocenters. The standard InChI is InChI=1S/C43H69NO12/c1-10-30-18-24(2)17-25(3)19-36(53-8)39-37(54-9)21-27(5)43(51,56-39)40(48)41(49)44-16-12-11-13-31(44)42(50)55-38(28(6)33(46)23-34(30)47)26(4)20-29-14-15-32(45)35(22-29)52-7/h18,20,25,27-33,35-39,45-46,51H,10-17,19,21-23H2,1-9H3/b24-18+,26-20+/t25-,27+,28+,29-,30+,31-,32+,33-,35+,36-,37-,38+,39+,43-/m0/s1. The quantitative estimate of drug-likeness (QED) is 0.196. The Balaban J connectivity index is 1.76. The summed E-state index contributed by atoms with van der Waals surface area (Å²) >= 11 is 0. The van der Waals surface area contributed by atoms with Gasteiger partial charge >= 0.3 is 5.97 Å². The number of aliphatic hydroxyl groups excluding tert-OH is 2. The van der Waals surface area contributed by atoms with Gasteiger partial charge in [-0.15, -0.1) is 0 Å². The van der Waals surface area contributed by atoms with E-state index in [0.29, 0.717) is 56.9 Å². The molecule has 1 saturated carbocycles. The van der Waals surface area contributed by atoms with Crippen molar-refractivity contribution in [2.45, 2.75) is 167 Å². The lowest BCUT2D eigenvalue weighted by molar-refractivity contribution is -0.302. The summed E-state index contributed by atoms with van der Waals surface area (Å²) in [7, 11) is 4.63. The Bertz CT molecular complexity index is 1430. The minimum Gasteiger partial charge on any atom is -0.456 e. The van der Waals surface area contributed by atoms with Gasteiger partial charge in [0.15, 0.2) is 0 Å². The zero-order chi connectivity index (χ0) is 41.5. The fraction of sp³-hybridized carbons (Fsp3) is 0.814. The first-order valence-corrected chi connectivity index (χ1v) is 20.8. The smallest absolute Gasteiger partial charge is 0.329 e. The van der Waals surface area contributed by atoms with Crippen LogP contribution in [0.2, 0.25) is 0 Å². The molecule has 0 radical (unpaired) electrons. The number of fused-ring (bicyclic) bond motifs is 3. The lowest BCUT2D eigenvalue weighted by Crippen LogP contribution is -2.64. The molecule has 4 rings (SSSR count). The molecule has 14 atom stereocenters. The number of hydrogen-bond donors (Lipinski definition) is 3. The summed E-state index contributed by atoms with van der Waals surface area (Å²) in [6.07, 6.45) is 3.72. The molecule has 56 heavy (non-hydrogen) atoms. The maximum absolute atomic E-state index is 14.3. The number of aliphatic hydroxyl groups is 3. The van der Waals surface area contributed by atoms with Gasteiger partial charge in [0.25, 0.3) is 11.7 Å². The molecular formula is C43H69NO12. The number of piperidine rings is 1. The molecule has 4 aliphatic rings. The van der Waals surface area contributed by atoms with E-state index < -0.39 is 83.9 Å². The van der Waals surface area contributed by atoms with E-state index in [0.717, 1.165) is 5.57 Å². The average molecular weight is 792 g/mol. The Morgan fingerprint density at radius 2 is 1.57 bits per heavy atom. The summed E-state index contributed by atoms with van der Waals surface area (Å²) in [6, 6.07) is -1.13. The third-order valence-corrected chi connectivity index (χ3v) is 12.9. The second-order valence-corrected chi connectivity index (χ2v) is 17.2. The number of methoxy groups -OCH3 is 3. The highest BCUT2D eigenvalue weighted by Gasteiger charge is 2.56. The van der Waals surface area contributed by atoms with Crippen molar-refractivity contribution in [3.05, 3.63) is 23.3 Å². The first-order valence-electron chi connectivity index (χ1n) is 20.8. The molecule has 0 aromatic heterocycles. The Hall–Kier alpha value is -2.52. The molecule has 0 aromatic rings. The normalized spacial score (nSPS) is 41.6. The van der Waals surface area contributed by atoms with Crippen molar-refractivity contribution in [1.29, 1.82) is 0 Å². The maximum Gasteiger partial charge on any atom is 0.329 e. The van der Waals surface area contributed by atoms with Gasteiger partial charge in [-0.3, -0.25) is 14.4 Å². The van der Waals surface area contributed by atoms with Crippen LogP contribution in [-0.4, -0.2) is 126 Å². The van der Waals surface area contributed by atoms with Crippen molar-refractivity contribution in [3.63, 3.8) is 0 Å². The second kappa shape index (κ2) is 20.4. The van der Waals surface area contributed by atoms with Crippen LogP contribution in [0.4, 0.5) is 0 Å². The largest absolute Gasteiger partial charge is 0.456 e. The van der Waals surface area contributed by atoms with E-state index in [1.807, 2.05) is 32.9 Å². The number of esters is 1. The van der Waals surface area contributed by atoms with E-state index >= 15 is 0 Å². The minimum atomic E-state index is -2.50. The molecule has 1 aliphatic carbocycles. The highest BCUT2D eigenvalue weighted by molar-refractivity contribution is 6.39. The SMILES string of the molecule is CC[C@@H]1/C=C(\C)C[C@H](C)C[C@H](OC)[C@H]2O[C@](O)(C(=O)C(=O)N3CCCC[C@H]3C(=O)O[C@H](/C(C)=C/[C@@H]3CC[C@@H](O)[C@H](OC)C3)[C@H](C)[C@@H](O)CC1=O)[C@H](C)C[C@@H]2OC. The van der Waals surface area contributed by atoms with Crippen molar-refractivity contribution < 1.29 is 58.2 Å². The Kier molecular flexibility index (Phi) is 16.9. The van der Waals surface area contributed by atoms with Gasteiger partial charge in [0.1, 0.15) is 24.0 Å². The first kappa shape index (κ1) is 46.2. The number of rotatable bonds is 6. The van der Waals surface area contributed by atoms with Gasteiger partial charge in [-0.2, -0.15) is 0 Å². The van der Waals surface area contributed by atoms with Gasteiger partial charge < -0.3 is 43.9 Å². The number of carbonyl (C=O) groups excluding carboxylic acids is 4. The minimum absolute atomic E-state index is 0.000914. The summed E-state index contributed by atoms with van der Waals surface area (Å²) in [5.74, 6) is -7.50. The van der Waals surface area contributed by atoms with Crippen LogP contribution < -0.4 is 0 Å². The number of Topliss-reactive ketones (excluding diaryl/α,β-unsaturated/α-hetero) is 2. The van der Waals surface area contributed by atoms with Crippen LogP contribution in [0.15, 0.2) is 23.3 Å². The number of cyclic esters (lactones) is 1. The van der Waals surface area contributed by atoms with Crippen molar-refractivity contribution in [2.75, 3.05) is 27.9 Å². The molecule has 13 heteroatoms. The highest BCUT2D eigenvalue weighted by Crippen LogP contribution is 2.39. The lowest BCUT2D eigenvalue weighted by Gasteiger charge is -2.47. The summed E-state index contributed by atoms with van der Waals surface area (Å²) in [6.45, 7) is 11.3. The molecule has 2 bridgehead atoms. The maximum atomic E-state index is 14.3. The van der Waals surface area contributed by atoms with Crippen molar-refractivity contribution in [2.24, 2.45) is 29.6 Å². The second-order valence-electron chi connectivity index (χ2n) is 17.2. The highest BCUT2D eigenvalue weighted by atomic mass is 16.7. The number of ketones is 2. The molecule has 0 aromatic carbocycles. The number of carbonyl (C=O) groups is 4. The number of nitrogens with zero attached hydrogens (tertiary/aromatic N) is 1. The van der Waals surface area contributed by atoms with Gasteiger partial charge in [-0.25, -0.2) is 4.79 Å². The van der Waals surface area contributed by atoms with Crippen LogP contribution in [-0.2, 0) is 42.9 Å². The van der Waals surface area contributed by atoms with Crippen LogP contribution in [0.5, 0.6) is 0 Å². The Labute approximate surface area is 333 Å². The number of amides is 1. The van der Waals surface area contributed by atoms with Gasteiger partial charge in [0.2, 0.25) is 5.79 Å². The van der Waals surface area contributed by atoms with Gasteiger partial charge in [-0.1, -0.05) is 45.4 Å². The van der Waals surface area contributed by atoms with E-state index in [2.05, 4.69) is 6.92 Å². The van der Waals surface area contributed by atoms with Gasteiger partial charge in [0.05, 0.1) is 30.5 Å². The van der Waals surface area contributed by atoms with Crippen LogP contribution in [0, 0.1) is 29.6 Å². The van der Waals surface area contributed by atoms with E-state index in [1.165, 1.54) is 19.1 Å². The van der Waals surface area contributed by atoms with Crippen molar-refractivity contribution >= 4 is 23.4 Å². The first-order chi connectivity index (χ1) is 26.5. The van der Waals surface area contributed by atoms with E-state index in [9.17, 15) is 34.5 Å². The summed E-state index contributed by atoms with van der Waals surface area (Å²) in [5.41, 5.74) is 1.66. The zero-order valence-corrected chi connectivity index (χ0v) is 35.1. The van der Waals surface area contributed by atoms with E-state index in [1.54, 1.807) is 21.0 Å². The topological polar surface area (TPSA) is 178 Å². The molecule has 13 nitrogen and oxygen atoms in total. The van der Waals surface area contributed by atoms with Crippen LogP contribution in [0.1, 0.15) is 112 Å². The average Bonchev–Trinajstić information content (AvgIpc) is 3.18. The molecule has 318 valence electrons. The van der Waals surface area contributed by atoms with E-state index in [4.69, 9.17) is 23.7 Å². The molecule has 3 N–H and O–H groups in total. The number of hydrogen-bond acceptors (Lipinski definition) is 12. The molecule has 2 saturated heterocycles. The van der Waals surface area contributed by atoms with Crippen LogP contribution in [0.25, 0.3) is 0 Å². The fourth-order valence-corrected chi connectivity index (χ4v) is 9.39. The van der Waals surface area contributed by atoms with Crippen molar-refractivity contribution in [1.82, 2.24) is 4.90 Å². The lowest BCUT2D eigenvalue weighted by atomic mass is 9.81. The molecule has 3 heterocycles. The summed E-state index contributed by atoms with van der Waals surface area (Å²) < 4.78 is 29.7. The third kappa shape index (κ3) is 10.7. The predicted molar refractivity (Wildman–Crippen MR) is 208 cm³/mol. The molecule has 3 aliphatic heterocycles.